The van der Waals surface area contributed by atoms with Crippen LogP contribution in [0.15, 0.2) is 21.9 Å². The molecule has 0 saturated carbocycles. The first-order valence-corrected chi connectivity index (χ1v) is 19.2. The van der Waals surface area contributed by atoms with Crippen molar-refractivity contribution in [2.45, 2.75) is 91.9 Å². The molecular weight excluding hydrogens is 637 g/mol. The number of hydrogen-bond donors (Lipinski definition) is 0. The number of hydrogen-bond acceptors (Lipinski definition) is 8. The van der Waals surface area contributed by atoms with Crippen LogP contribution in [-0.2, 0) is 22.4 Å². The number of nitrogens with zero attached hydrogens (tertiary/aromatic N) is 2. The Bertz CT molecular complexity index is 1280. The summed E-state index contributed by atoms with van der Waals surface area (Å²) < 4.78 is 1.27. The molecule has 2 aromatic rings. The number of amides is 2. The van der Waals surface area contributed by atoms with Crippen LogP contribution in [0.4, 0.5) is 0 Å². The van der Waals surface area contributed by atoms with Gasteiger partial charge in [0.2, 0.25) is 0 Å². The molecule has 2 amide bonds. The maximum absolute atomic E-state index is 13.0. The van der Waals surface area contributed by atoms with Crippen LogP contribution in [0.1, 0.15) is 99.9 Å². The Morgan fingerprint density at radius 3 is 1.38 bits per heavy atom. The minimum absolute atomic E-state index is 0.00589. The van der Waals surface area contributed by atoms with Gasteiger partial charge in [-0.15, -0.1) is 22.7 Å². The summed E-state index contributed by atoms with van der Waals surface area (Å²) in [5.74, 6) is 0.0118. The fourth-order valence-electron chi connectivity index (χ4n) is 5.09. The van der Waals surface area contributed by atoms with Gasteiger partial charge in [0.05, 0.1) is 9.81 Å². The Hall–Kier alpha value is -1.30. The highest BCUT2D eigenvalue weighted by atomic mass is 32.2. The molecule has 0 N–H and O–H groups in total. The molecule has 0 unspecified atom stereocenters. The van der Waals surface area contributed by atoms with Gasteiger partial charge < -0.3 is 0 Å². The summed E-state index contributed by atoms with van der Waals surface area (Å²) in [5, 5.41) is 0. The lowest BCUT2D eigenvalue weighted by Crippen LogP contribution is -2.27. The number of likely N-dealkylation sites (N-methyl/N-ethyl adjacent to an activating group) is 2. The van der Waals surface area contributed by atoms with Gasteiger partial charge in [0.1, 0.15) is 8.64 Å². The van der Waals surface area contributed by atoms with E-state index in [0.29, 0.717) is 31.5 Å². The van der Waals surface area contributed by atoms with Crippen molar-refractivity contribution in [1.29, 1.82) is 0 Å². The molecule has 4 heterocycles. The molecule has 0 radical (unpaired) electrons. The van der Waals surface area contributed by atoms with Crippen molar-refractivity contribution in [3.05, 3.63) is 42.8 Å². The summed E-state index contributed by atoms with van der Waals surface area (Å²) in [5.41, 5.74) is 2.71. The average molecular weight is 677 g/mol. The lowest BCUT2D eigenvalue weighted by Gasteiger charge is -2.09. The summed E-state index contributed by atoms with van der Waals surface area (Å²) in [7, 11) is 0. The largest absolute Gasteiger partial charge is 0.293 e. The molecule has 4 rings (SSSR count). The molecule has 0 atom stereocenters. The summed E-state index contributed by atoms with van der Waals surface area (Å²) in [6, 6.07) is 4.58. The molecule has 0 aliphatic carbocycles. The summed E-state index contributed by atoms with van der Waals surface area (Å²) in [6.07, 6.45) is 15.8. The maximum Gasteiger partial charge on any atom is 0.266 e. The summed E-state index contributed by atoms with van der Waals surface area (Å²) in [4.78, 5) is 35.5. The van der Waals surface area contributed by atoms with Gasteiger partial charge in [0.25, 0.3) is 11.8 Å². The van der Waals surface area contributed by atoms with Crippen LogP contribution in [0.2, 0.25) is 0 Å². The Kier molecular flexibility index (Phi) is 12.9. The number of carbonyl (C=O) groups is 2. The normalized spacial score (nSPS) is 17.7. The van der Waals surface area contributed by atoms with Gasteiger partial charge in [-0.05, 0) is 74.9 Å². The van der Waals surface area contributed by atoms with Crippen molar-refractivity contribution >= 4 is 103 Å². The topological polar surface area (TPSA) is 40.6 Å². The molecule has 0 spiro atoms. The van der Waals surface area contributed by atoms with Crippen molar-refractivity contribution in [3.63, 3.8) is 0 Å². The number of thioether (sulfide) groups is 2. The van der Waals surface area contributed by atoms with E-state index in [0.717, 1.165) is 35.4 Å². The number of carbonyl (C=O) groups excluding carboxylic acids is 2. The smallest absolute Gasteiger partial charge is 0.266 e. The van der Waals surface area contributed by atoms with Crippen LogP contribution in [0.5, 0.6) is 0 Å². The second-order valence-electron chi connectivity index (χ2n) is 10.5. The molecule has 2 aliphatic rings. The van der Waals surface area contributed by atoms with E-state index < -0.39 is 0 Å². The number of thiophene rings is 2. The fourth-order valence-corrected chi connectivity index (χ4v) is 10.5. The van der Waals surface area contributed by atoms with Gasteiger partial charge in [-0.3, -0.25) is 19.4 Å². The molecule has 2 aliphatic heterocycles. The first-order valence-electron chi connectivity index (χ1n) is 15.1. The molecule has 42 heavy (non-hydrogen) atoms. The highest BCUT2D eigenvalue weighted by Gasteiger charge is 2.32. The molecule has 2 saturated heterocycles. The van der Waals surface area contributed by atoms with Gasteiger partial charge in [0.15, 0.2) is 0 Å². The zero-order valence-electron chi connectivity index (χ0n) is 25.0. The van der Waals surface area contributed by atoms with E-state index >= 15 is 0 Å². The quantitative estimate of drug-likeness (QED) is 0.106. The number of unbranched alkanes of at least 4 members (excludes halogenated alkanes) is 6. The predicted octanol–water partition coefficient (Wildman–Crippen LogP) is 10.2. The Labute approximate surface area is 278 Å². The summed E-state index contributed by atoms with van der Waals surface area (Å²) in [6.45, 7) is 9.59. The number of rotatable bonds is 15. The zero-order chi connectivity index (χ0) is 30.2. The first-order chi connectivity index (χ1) is 20.3. The fraction of sp³-hybridized carbons (Fsp3) is 0.500. The molecular formula is C32H40N2O2S6. The lowest BCUT2D eigenvalue weighted by atomic mass is 10.0. The monoisotopic (exact) mass is 676 g/mol. The molecule has 226 valence electrons. The molecule has 2 aromatic heterocycles. The van der Waals surface area contributed by atoms with E-state index in [2.05, 4.69) is 26.0 Å². The SMILES string of the molecule is CCCCCCc1cc(/C=C2\SC(=S)N(CC)C2=O)sc1-c1sc(/C=C2\SC(=S)N(CC)C2=O)cc1CCCCCC. The van der Waals surface area contributed by atoms with Gasteiger partial charge in [0, 0.05) is 32.6 Å². The van der Waals surface area contributed by atoms with Gasteiger partial charge in [-0.2, -0.15) is 0 Å². The standard InChI is InChI=1S/C32H40N2O2S6/c1-5-9-11-13-15-21-17-23(19-25-29(35)33(7-3)31(37)41-25)39-27(21)28-22(16-14-12-10-6-2)18-24(40-28)20-26-30(36)34(8-4)32(38)42-26/h17-20H,5-16H2,1-4H3/b25-19-,26-20-. The molecule has 4 nitrogen and oxygen atoms in total. The van der Waals surface area contributed by atoms with E-state index in [4.69, 9.17) is 24.4 Å². The molecule has 0 bridgehead atoms. The highest BCUT2D eigenvalue weighted by molar-refractivity contribution is 8.27. The van der Waals surface area contributed by atoms with Crippen molar-refractivity contribution in [2.24, 2.45) is 0 Å². The van der Waals surface area contributed by atoms with Crippen LogP contribution in [0.25, 0.3) is 21.9 Å². The molecule has 2 fully saturated rings. The highest BCUT2D eigenvalue weighted by Crippen LogP contribution is 2.44. The van der Waals surface area contributed by atoms with Crippen LogP contribution in [-0.4, -0.2) is 43.3 Å². The van der Waals surface area contributed by atoms with Crippen LogP contribution < -0.4 is 0 Å². The van der Waals surface area contributed by atoms with E-state index in [1.807, 2.05) is 26.0 Å². The second-order valence-corrected chi connectivity index (χ2v) is 16.0. The van der Waals surface area contributed by atoms with Crippen LogP contribution in [0, 0.1) is 0 Å². The Morgan fingerprint density at radius 1 is 0.643 bits per heavy atom. The third kappa shape index (κ3) is 8.04. The van der Waals surface area contributed by atoms with Crippen LogP contribution in [0.3, 0.4) is 0 Å². The minimum atomic E-state index is 0.00589. The van der Waals surface area contributed by atoms with Crippen molar-refractivity contribution in [3.8, 4) is 9.75 Å². The van der Waals surface area contributed by atoms with E-state index in [1.165, 1.54) is 82.9 Å². The first kappa shape index (κ1) is 33.6. The van der Waals surface area contributed by atoms with Gasteiger partial charge in [-0.25, -0.2) is 0 Å². The van der Waals surface area contributed by atoms with Crippen molar-refractivity contribution in [2.75, 3.05) is 13.1 Å². The lowest BCUT2D eigenvalue weighted by molar-refractivity contribution is -0.122. The maximum atomic E-state index is 13.0. The van der Waals surface area contributed by atoms with Crippen LogP contribution >= 0.6 is 70.6 Å². The second kappa shape index (κ2) is 16.1. The summed E-state index contributed by atoms with van der Waals surface area (Å²) >= 11 is 17.3. The average Bonchev–Trinajstić information content (AvgIpc) is 3.69. The molecule has 10 heteroatoms. The Morgan fingerprint density at radius 2 is 1.05 bits per heavy atom. The van der Waals surface area contributed by atoms with Gasteiger partial charge >= 0.3 is 0 Å². The minimum Gasteiger partial charge on any atom is -0.293 e. The van der Waals surface area contributed by atoms with E-state index in [-0.39, 0.29) is 11.8 Å². The third-order valence-electron chi connectivity index (χ3n) is 7.39. The van der Waals surface area contributed by atoms with Gasteiger partial charge in [-0.1, -0.05) is 100 Å². The van der Waals surface area contributed by atoms with E-state index in [9.17, 15) is 9.59 Å². The Balaban J connectivity index is 1.73. The zero-order valence-corrected chi connectivity index (χ0v) is 29.9. The van der Waals surface area contributed by atoms with E-state index in [1.54, 1.807) is 32.5 Å². The number of thiocarbonyl (C=S) groups is 2. The molecule has 0 aromatic carbocycles. The van der Waals surface area contributed by atoms with Crippen molar-refractivity contribution in [1.82, 2.24) is 9.80 Å². The predicted molar refractivity (Wildman–Crippen MR) is 194 cm³/mol. The number of aryl methyl sites for hydroxylation is 2. The van der Waals surface area contributed by atoms with Crippen molar-refractivity contribution < 1.29 is 9.59 Å². The third-order valence-corrected chi connectivity index (χ3v) is 12.6.